The Morgan fingerprint density at radius 2 is 1.80 bits per heavy atom. The van der Waals surface area contributed by atoms with Crippen LogP contribution in [-0.4, -0.2) is 10.3 Å². The normalized spacial score (nSPS) is 10.9. The number of aromatic hydroxyl groups is 1. The van der Waals surface area contributed by atoms with Crippen LogP contribution in [0.1, 0.15) is 12.7 Å². The third-order valence-corrected chi connectivity index (χ3v) is 2.38. The molecular formula is C11H13ClN2O6. The van der Waals surface area contributed by atoms with Crippen molar-refractivity contribution in [3.63, 3.8) is 0 Å². The van der Waals surface area contributed by atoms with E-state index in [9.17, 15) is 5.11 Å². The Balaban J connectivity index is 0.000000347. The summed E-state index contributed by atoms with van der Waals surface area (Å²) in [5, 5.41) is 13.6. The zero-order chi connectivity index (χ0) is 15.3. The van der Waals surface area contributed by atoms with Crippen LogP contribution < -0.4 is 23.2 Å². The van der Waals surface area contributed by atoms with Crippen molar-refractivity contribution >= 4 is 0 Å². The molecule has 0 fully saturated rings. The molecule has 0 radical (unpaired) electrons. The Morgan fingerprint density at radius 1 is 1.25 bits per heavy atom. The number of benzene rings is 1. The lowest BCUT2D eigenvalue weighted by atomic mass is 10.2. The molecule has 0 aliphatic rings. The number of phenols is 1. The molecule has 9 heteroatoms. The number of nitrogens with zero attached hydrogens (tertiary/aromatic N) is 2. The average Bonchev–Trinajstić information content (AvgIpc) is 2.69. The van der Waals surface area contributed by atoms with Crippen LogP contribution >= 0.6 is 0 Å². The van der Waals surface area contributed by atoms with Gasteiger partial charge in [0, 0.05) is 0 Å². The summed E-state index contributed by atoms with van der Waals surface area (Å²) in [6.07, 6.45) is 0.799. The fourth-order valence-electron chi connectivity index (χ4n) is 1.52. The summed E-state index contributed by atoms with van der Waals surface area (Å²) in [5.74, 6) is 1.63. The van der Waals surface area contributed by atoms with Gasteiger partial charge >= 0.3 is 11.7 Å². The molecule has 20 heavy (non-hydrogen) atoms. The van der Waals surface area contributed by atoms with Crippen LogP contribution in [0.15, 0.2) is 28.8 Å². The first kappa shape index (κ1) is 16.3. The maximum atomic E-state index is 9.67. The van der Waals surface area contributed by atoms with Crippen molar-refractivity contribution < 1.29 is 43.1 Å². The highest BCUT2D eigenvalue weighted by Gasteiger charge is 2.22. The molecule has 0 amide bonds. The fourth-order valence-corrected chi connectivity index (χ4v) is 1.52. The van der Waals surface area contributed by atoms with Crippen LogP contribution in [0.2, 0.25) is 0 Å². The second-order valence-corrected chi connectivity index (χ2v) is 4.47. The summed E-state index contributed by atoms with van der Waals surface area (Å²) < 4.78 is 41.0. The van der Waals surface area contributed by atoms with E-state index in [-0.39, 0.29) is 5.75 Å². The number of halogens is 1. The minimum absolute atomic E-state index is 0.201. The molecule has 0 aliphatic heterocycles. The lowest BCUT2D eigenvalue weighted by molar-refractivity contribution is -2.00. The monoisotopic (exact) mass is 304 g/mol. The summed E-state index contributed by atoms with van der Waals surface area (Å²) in [4.78, 5) is 0. The van der Waals surface area contributed by atoms with Gasteiger partial charge in [-0.3, -0.25) is 0 Å². The maximum absolute atomic E-state index is 9.67. The quantitative estimate of drug-likeness (QED) is 0.572. The van der Waals surface area contributed by atoms with Crippen LogP contribution in [-0.2, 0) is 13.5 Å². The molecule has 1 aromatic carbocycles. The Labute approximate surface area is 116 Å². The maximum Gasteiger partial charge on any atom is 0.352 e. The molecule has 0 atom stereocenters. The second-order valence-electron chi connectivity index (χ2n) is 3.71. The Morgan fingerprint density at radius 3 is 2.25 bits per heavy atom. The van der Waals surface area contributed by atoms with Gasteiger partial charge in [-0.25, -0.2) is 23.2 Å². The first-order valence-corrected chi connectivity index (χ1v) is 6.72. The van der Waals surface area contributed by atoms with Crippen LogP contribution in [0, 0.1) is 10.2 Å². The molecule has 0 saturated heterocycles. The number of hydrogen-bond acceptors (Lipinski definition) is 7. The predicted octanol–water partition coefficient (Wildman–Crippen LogP) is -3.32. The predicted molar refractivity (Wildman–Crippen MR) is 54.2 cm³/mol. The third kappa shape index (κ3) is 4.76. The van der Waals surface area contributed by atoms with E-state index in [1.54, 1.807) is 18.2 Å². The van der Waals surface area contributed by atoms with Crippen molar-refractivity contribution in [2.45, 2.75) is 13.3 Å². The van der Waals surface area contributed by atoms with Crippen LogP contribution in [0.3, 0.4) is 0 Å². The molecule has 8 nitrogen and oxygen atoms in total. The van der Waals surface area contributed by atoms with E-state index < -0.39 is 10.2 Å². The lowest BCUT2D eigenvalue weighted by Gasteiger charge is -2.17. The van der Waals surface area contributed by atoms with Gasteiger partial charge in [0.15, 0.2) is 5.16 Å². The molecule has 2 rings (SSSR count). The summed E-state index contributed by atoms with van der Waals surface area (Å²) >= 11 is 0. The Hall–Kier alpha value is -1.71. The topological polar surface area (TPSA) is 142 Å². The number of para-hydroxylation sites is 1. The van der Waals surface area contributed by atoms with Gasteiger partial charge < -0.3 is 5.11 Å². The van der Waals surface area contributed by atoms with Gasteiger partial charge in [0.2, 0.25) is 0 Å². The lowest BCUT2D eigenvalue weighted by Crippen LogP contribution is -2.68. The van der Waals surface area contributed by atoms with Gasteiger partial charge in [-0.05, 0) is 12.1 Å². The van der Waals surface area contributed by atoms with E-state index in [1.165, 1.54) is 0 Å². The minimum atomic E-state index is -4.94. The minimum Gasteiger partial charge on any atom is -0.507 e. The number of aromatic nitrogens is 2. The molecule has 1 N–H and O–H groups in total. The standard InChI is InChI=1S/C11H12N2O2.ClHO4/c1-3-10-12-15-11(13(10)2)8-6-4-5-7-9(8)14;2-1(3,4)5/h4-7H,3H2,1-2H3;(H,2,3,4,5). The zero-order valence-corrected chi connectivity index (χ0v) is 11.5. The van der Waals surface area contributed by atoms with E-state index in [0.717, 1.165) is 12.2 Å². The average molecular weight is 305 g/mol. The van der Waals surface area contributed by atoms with Crippen LogP contribution in [0.5, 0.6) is 5.75 Å². The molecule has 2 aromatic rings. The van der Waals surface area contributed by atoms with Crippen molar-refractivity contribution in [2.75, 3.05) is 0 Å². The summed E-state index contributed by atoms with van der Waals surface area (Å²) in [7, 11) is -3.07. The zero-order valence-electron chi connectivity index (χ0n) is 10.8. The van der Waals surface area contributed by atoms with E-state index in [0.29, 0.717) is 11.5 Å². The largest absolute Gasteiger partial charge is 0.507 e. The van der Waals surface area contributed by atoms with Crippen molar-refractivity contribution in [1.82, 2.24) is 5.16 Å². The molecule has 0 saturated carbocycles. The number of phenolic OH excluding ortho intramolecular Hbond substituents is 1. The summed E-state index contributed by atoms with van der Waals surface area (Å²) in [6, 6.07) is 7.05. The number of rotatable bonds is 2. The molecule has 1 heterocycles. The Bertz CT molecular complexity index is 560. The van der Waals surface area contributed by atoms with Gasteiger partial charge in [-0.1, -0.05) is 19.1 Å². The van der Waals surface area contributed by atoms with E-state index in [4.69, 9.17) is 23.2 Å². The third-order valence-electron chi connectivity index (χ3n) is 2.38. The molecule has 110 valence electrons. The van der Waals surface area contributed by atoms with Crippen molar-refractivity contribution in [2.24, 2.45) is 7.05 Å². The van der Waals surface area contributed by atoms with Crippen molar-refractivity contribution in [3.8, 4) is 17.2 Å². The molecule has 1 aromatic heterocycles. The first-order chi connectivity index (χ1) is 9.24. The second kappa shape index (κ2) is 6.64. The first-order valence-electron chi connectivity index (χ1n) is 5.48. The van der Waals surface area contributed by atoms with Gasteiger partial charge in [-0.2, -0.15) is 4.57 Å². The van der Waals surface area contributed by atoms with Gasteiger partial charge in [0.05, 0.1) is 13.5 Å². The van der Waals surface area contributed by atoms with Crippen molar-refractivity contribution in [3.05, 3.63) is 30.1 Å². The number of hydrogen-bond donors (Lipinski definition) is 1. The summed E-state index contributed by atoms with van der Waals surface area (Å²) in [6.45, 7) is 2.01. The Kier molecular flexibility index (Phi) is 5.43. The molecule has 0 spiro atoms. The van der Waals surface area contributed by atoms with Gasteiger partial charge in [0.25, 0.3) is 0 Å². The molecular weight excluding hydrogens is 292 g/mol. The van der Waals surface area contributed by atoms with Crippen molar-refractivity contribution in [1.29, 1.82) is 0 Å². The SMILES string of the molecule is CCc1noc(-c2ccccc2O)[n+]1C.[O-][Cl+3]([O-])([O-])[O-]. The van der Waals surface area contributed by atoms with Crippen LogP contribution in [0.25, 0.3) is 11.5 Å². The number of aryl methyl sites for hydroxylation is 1. The highest BCUT2D eigenvalue weighted by atomic mass is 35.7. The van der Waals surface area contributed by atoms with E-state index in [1.807, 2.05) is 24.6 Å². The van der Waals surface area contributed by atoms with E-state index in [2.05, 4.69) is 5.16 Å². The molecule has 0 aliphatic carbocycles. The van der Waals surface area contributed by atoms with E-state index >= 15 is 0 Å². The highest BCUT2D eigenvalue weighted by molar-refractivity contribution is 5.59. The highest BCUT2D eigenvalue weighted by Crippen LogP contribution is 2.25. The molecule has 0 bridgehead atoms. The summed E-state index contributed by atoms with van der Waals surface area (Å²) in [5.41, 5.74) is 0.659. The molecule has 0 unspecified atom stereocenters. The van der Waals surface area contributed by atoms with Gasteiger partial charge in [-0.15, -0.1) is 10.2 Å². The van der Waals surface area contributed by atoms with Crippen LogP contribution in [0.4, 0.5) is 0 Å². The van der Waals surface area contributed by atoms with Gasteiger partial charge in [0.1, 0.15) is 11.3 Å². The fraction of sp³-hybridized carbons (Fsp3) is 0.273. The smallest absolute Gasteiger partial charge is 0.352 e.